The molecule has 38 heavy (non-hydrogen) atoms. The number of allylic oxidation sites excluding steroid dienone is 4. The van der Waals surface area contributed by atoms with Crippen LogP contribution in [-0.2, 0) is 33.8 Å². The number of hydrogen-bond acceptors (Lipinski definition) is 5. The number of pyridine rings is 1. The Hall–Kier alpha value is -3.25. The molecule has 4 rings (SSSR count). The first-order valence-electron chi connectivity index (χ1n) is 13.9. The lowest BCUT2D eigenvalue weighted by atomic mass is 9.85. The maximum absolute atomic E-state index is 13.6. The minimum absolute atomic E-state index is 0.115. The van der Waals surface area contributed by atoms with Crippen LogP contribution in [-0.4, -0.2) is 30.0 Å². The van der Waals surface area contributed by atoms with Crippen LogP contribution in [0.5, 0.6) is 0 Å². The zero-order valence-corrected chi connectivity index (χ0v) is 23.2. The second-order valence-electron chi connectivity index (χ2n) is 10.6. The van der Waals surface area contributed by atoms with Crippen LogP contribution in [0.25, 0.3) is 5.57 Å². The van der Waals surface area contributed by atoms with Crippen molar-refractivity contribution in [2.75, 3.05) is 13.7 Å². The van der Waals surface area contributed by atoms with Gasteiger partial charge in [0, 0.05) is 30.5 Å². The lowest BCUT2D eigenvalue weighted by Gasteiger charge is -2.20. The molecular formula is C32H40N2O4. The van der Waals surface area contributed by atoms with Gasteiger partial charge in [-0.3, -0.25) is 4.79 Å². The smallest absolute Gasteiger partial charge is 0.335 e. The Morgan fingerprint density at radius 2 is 1.89 bits per heavy atom. The van der Waals surface area contributed by atoms with E-state index in [9.17, 15) is 9.59 Å². The molecule has 0 spiro atoms. The summed E-state index contributed by atoms with van der Waals surface area (Å²) in [5, 5.41) is 4.21. The van der Waals surface area contributed by atoms with Crippen molar-refractivity contribution >= 4 is 17.3 Å². The number of ether oxygens (including phenoxy) is 1. The molecule has 1 atom stereocenters. The van der Waals surface area contributed by atoms with Crippen molar-refractivity contribution in [1.29, 1.82) is 0 Å². The number of hydrogen-bond donors (Lipinski definition) is 0. The molecule has 202 valence electrons. The fraction of sp³-hybridized carbons (Fsp3) is 0.469. The Balaban J connectivity index is 1.63. The van der Waals surface area contributed by atoms with Crippen LogP contribution in [0, 0.1) is 12.8 Å². The predicted molar refractivity (Wildman–Crippen MR) is 152 cm³/mol. The van der Waals surface area contributed by atoms with Crippen LogP contribution in [0.2, 0.25) is 0 Å². The van der Waals surface area contributed by atoms with Crippen LogP contribution in [0.4, 0.5) is 0 Å². The van der Waals surface area contributed by atoms with Gasteiger partial charge in [-0.15, -0.1) is 0 Å². The number of carbonyl (C=O) groups is 1. The fourth-order valence-electron chi connectivity index (χ4n) is 5.44. The number of benzene rings is 1. The van der Waals surface area contributed by atoms with Crippen molar-refractivity contribution in [3.8, 4) is 0 Å². The van der Waals surface area contributed by atoms with Crippen molar-refractivity contribution in [3.05, 3.63) is 86.4 Å². The number of nitrogens with zero attached hydrogens (tertiary/aromatic N) is 2. The van der Waals surface area contributed by atoms with Gasteiger partial charge in [-0.2, -0.15) is 0 Å². The number of unbranched alkanes of at least 4 members (excludes halogenated alkanes) is 1. The lowest BCUT2D eigenvalue weighted by molar-refractivity contribution is -0.144. The van der Waals surface area contributed by atoms with Gasteiger partial charge < -0.3 is 14.1 Å². The summed E-state index contributed by atoms with van der Waals surface area (Å²) in [6.45, 7) is 7.35. The molecule has 1 aromatic heterocycles. The van der Waals surface area contributed by atoms with Crippen molar-refractivity contribution in [2.45, 2.75) is 78.7 Å². The third-order valence-corrected chi connectivity index (χ3v) is 7.56. The molecule has 1 aromatic carbocycles. The largest absolute Gasteiger partial charge is 0.383 e. The van der Waals surface area contributed by atoms with Gasteiger partial charge in [0.05, 0.1) is 18.7 Å². The van der Waals surface area contributed by atoms with Crippen LogP contribution in [0.3, 0.4) is 0 Å². The van der Waals surface area contributed by atoms with Gasteiger partial charge >= 0.3 is 5.97 Å². The monoisotopic (exact) mass is 516 g/mol. The van der Waals surface area contributed by atoms with Crippen molar-refractivity contribution < 1.29 is 14.4 Å². The Morgan fingerprint density at radius 1 is 1.11 bits per heavy atom. The molecule has 2 aromatic rings. The van der Waals surface area contributed by atoms with Crippen molar-refractivity contribution in [1.82, 2.24) is 4.57 Å². The predicted octanol–water partition coefficient (Wildman–Crippen LogP) is 6.17. The van der Waals surface area contributed by atoms with Crippen LogP contribution >= 0.6 is 0 Å². The minimum atomic E-state index is -0.273. The summed E-state index contributed by atoms with van der Waals surface area (Å²) in [6.07, 6.45) is 11.0. The van der Waals surface area contributed by atoms with E-state index < -0.39 is 0 Å². The summed E-state index contributed by atoms with van der Waals surface area (Å²) in [6, 6.07) is 10.4. The highest BCUT2D eigenvalue weighted by Crippen LogP contribution is 2.32. The van der Waals surface area contributed by atoms with Gasteiger partial charge in [-0.25, -0.2) is 4.79 Å². The van der Waals surface area contributed by atoms with E-state index in [1.807, 2.05) is 23.6 Å². The summed E-state index contributed by atoms with van der Waals surface area (Å²) >= 11 is 0. The molecule has 2 heterocycles. The van der Waals surface area contributed by atoms with Crippen molar-refractivity contribution in [2.24, 2.45) is 11.1 Å². The van der Waals surface area contributed by atoms with Crippen LogP contribution < -0.4 is 5.56 Å². The maximum Gasteiger partial charge on any atom is 0.335 e. The van der Waals surface area contributed by atoms with Gasteiger partial charge in [0.2, 0.25) is 0 Å². The molecule has 1 aliphatic heterocycles. The zero-order chi connectivity index (χ0) is 27.1. The second kappa shape index (κ2) is 13.0. The molecule has 0 radical (unpaired) electrons. The van der Waals surface area contributed by atoms with E-state index in [1.54, 1.807) is 7.11 Å². The fourth-order valence-corrected chi connectivity index (χ4v) is 5.44. The SMILES string of the molecule is CCCCc1cc(C)n(CCOC)c(=O)c1CC1=CC=C(c2ccccc2C2=NOC(=O)C[C@H](C)C2)CC1. The first-order valence-corrected chi connectivity index (χ1v) is 13.9. The number of carbonyl (C=O) groups excluding carboxylic acids is 1. The number of rotatable bonds is 10. The Labute approximate surface area is 226 Å². The third kappa shape index (κ3) is 6.60. The van der Waals surface area contributed by atoms with Gasteiger partial charge in [-0.05, 0) is 74.1 Å². The summed E-state index contributed by atoms with van der Waals surface area (Å²) in [5.74, 6) is -0.0851. The van der Waals surface area contributed by atoms with Gasteiger partial charge in [0.25, 0.3) is 5.56 Å². The highest BCUT2D eigenvalue weighted by molar-refractivity contribution is 6.05. The summed E-state index contributed by atoms with van der Waals surface area (Å²) in [4.78, 5) is 30.6. The average Bonchev–Trinajstić information content (AvgIpc) is 3.09. The molecule has 0 fully saturated rings. The molecular weight excluding hydrogens is 476 g/mol. The quantitative estimate of drug-likeness (QED) is 0.354. The number of oxime groups is 1. The van der Waals surface area contributed by atoms with Crippen LogP contribution in [0.15, 0.2) is 58.0 Å². The molecule has 6 nitrogen and oxygen atoms in total. The van der Waals surface area contributed by atoms with Gasteiger partial charge in [-0.1, -0.05) is 67.4 Å². The summed E-state index contributed by atoms with van der Waals surface area (Å²) in [5.41, 5.74) is 8.72. The van der Waals surface area contributed by atoms with E-state index in [0.717, 1.165) is 60.2 Å². The Bertz CT molecular complexity index is 1320. The molecule has 0 saturated carbocycles. The first-order chi connectivity index (χ1) is 18.4. The van der Waals surface area contributed by atoms with Gasteiger partial charge in [0.1, 0.15) is 0 Å². The van der Waals surface area contributed by atoms with E-state index in [-0.39, 0.29) is 17.4 Å². The van der Waals surface area contributed by atoms with E-state index >= 15 is 0 Å². The molecule has 2 aliphatic rings. The summed E-state index contributed by atoms with van der Waals surface area (Å²) < 4.78 is 7.11. The molecule has 0 unspecified atom stereocenters. The standard InChI is InChI=1S/C32H40N2O4/c1-5-6-9-26-20-23(3)34(16-17-37-4)32(36)29(26)21-24-12-14-25(15-13-24)27-10-7-8-11-28(27)30-18-22(2)19-31(35)38-33-30/h7-8,10-12,14,20,22H,5-6,9,13,15-19,21H2,1-4H3/t22-/m1/s1. The Kier molecular flexibility index (Phi) is 9.51. The number of methoxy groups -OCH3 is 1. The molecule has 6 heteroatoms. The maximum atomic E-state index is 13.6. The number of aromatic nitrogens is 1. The average molecular weight is 517 g/mol. The highest BCUT2D eigenvalue weighted by atomic mass is 16.7. The van der Waals surface area contributed by atoms with Gasteiger partial charge in [0.15, 0.2) is 0 Å². The highest BCUT2D eigenvalue weighted by Gasteiger charge is 2.23. The first kappa shape index (κ1) is 27.8. The van der Waals surface area contributed by atoms with E-state index in [1.165, 1.54) is 16.7 Å². The van der Waals surface area contributed by atoms with E-state index in [4.69, 9.17) is 9.57 Å². The number of aryl methyl sites for hydroxylation is 2. The van der Waals surface area contributed by atoms with E-state index in [0.29, 0.717) is 32.4 Å². The van der Waals surface area contributed by atoms with E-state index in [2.05, 4.69) is 49.4 Å². The molecule has 1 aliphatic carbocycles. The normalized spacial score (nSPS) is 17.8. The molecule has 0 bridgehead atoms. The zero-order valence-electron chi connectivity index (χ0n) is 23.2. The topological polar surface area (TPSA) is 69.9 Å². The van der Waals surface area contributed by atoms with Crippen LogP contribution in [0.1, 0.15) is 80.3 Å². The molecule has 0 N–H and O–H groups in total. The minimum Gasteiger partial charge on any atom is -0.383 e. The lowest BCUT2D eigenvalue weighted by Crippen LogP contribution is -2.29. The molecule has 0 amide bonds. The molecule has 0 saturated heterocycles. The van der Waals surface area contributed by atoms with Crippen molar-refractivity contribution in [3.63, 3.8) is 0 Å². The second-order valence-corrected chi connectivity index (χ2v) is 10.6. The Morgan fingerprint density at radius 3 is 2.61 bits per heavy atom. The summed E-state index contributed by atoms with van der Waals surface area (Å²) in [7, 11) is 1.67. The third-order valence-electron chi connectivity index (χ3n) is 7.56.